The van der Waals surface area contributed by atoms with Crippen molar-refractivity contribution in [1.29, 1.82) is 0 Å². The summed E-state index contributed by atoms with van der Waals surface area (Å²) in [6.45, 7) is 7.91. The molecule has 0 aromatic heterocycles. The van der Waals surface area contributed by atoms with Crippen molar-refractivity contribution in [2.75, 3.05) is 6.54 Å². The molecule has 0 atom stereocenters. The first kappa shape index (κ1) is 13.7. The van der Waals surface area contributed by atoms with E-state index in [1.807, 2.05) is 12.2 Å². The molecule has 0 fully saturated rings. The maximum Gasteiger partial charge on any atom is 0.0926 e. The minimum atomic E-state index is 0.317. The molecular formula is C13H21NO. The molecule has 84 valence electrons. The van der Waals surface area contributed by atoms with Crippen LogP contribution < -0.4 is 5.73 Å². The molecule has 3 N–H and O–H groups in total. The number of nitrogens with two attached hydrogens (primary N) is 1. The summed E-state index contributed by atoms with van der Waals surface area (Å²) in [5.41, 5.74) is 7.51. The second-order valence-electron chi connectivity index (χ2n) is 3.31. The van der Waals surface area contributed by atoms with Crippen molar-refractivity contribution in [3.63, 3.8) is 0 Å². The molecule has 0 bridgehead atoms. The van der Waals surface area contributed by atoms with Gasteiger partial charge >= 0.3 is 0 Å². The second kappa shape index (κ2) is 8.06. The first-order valence-electron chi connectivity index (χ1n) is 5.22. The molecule has 0 aliphatic heterocycles. The van der Waals surface area contributed by atoms with Gasteiger partial charge in [0.05, 0.1) is 5.76 Å². The molecule has 0 aromatic rings. The van der Waals surface area contributed by atoms with Crippen molar-refractivity contribution in [1.82, 2.24) is 0 Å². The van der Waals surface area contributed by atoms with Gasteiger partial charge in [0.2, 0.25) is 0 Å². The van der Waals surface area contributed by atoms with Gasteiger partial charge in [-0.25, -0.2) is 0 Å². The van der Waals surface area contributed by atoms with Gasteiger partial charge in [0.1, 0.15) is 0 Å². The number of aliphatic hydroxyl groups excluding tert-OH is 1. The summed E-state index contributed by atoms with van der Waals surface area (Å²) >= 11 is 0. The minimum absolute atomic E-state index is 0.317. The SMILES string of the molecule is C=C/C(C/C=C(\C=C/CC)CN)=C(\C)O. The minimum Gasteiger partial charge on any atom is -0.512 e. The van der Waals surface area contributed by atoms with Gasteiger partial charge in [0, 0.05) is 6.54 Å². The first-order valence-corrected chi connectivity index (χ1v) is 5.22. The molecule has 15 heavy (non-hydrogen) atoms. The van der Waals surface area contributed by atoms with Crippen molar-refractivity contribution < 1.29 is 5.11 Å². The van der Waals surface area contributed by atoms with Crippen LogP contribution in [0.5, 0.6) is 0 Å². The Morgan fingerprint density at radius 3 is 2.53 bits per heavy atom. The van der Waals surface area contributed by atoms with Crippen molar-refractivity contribution in [2.45, 2.75) is 26.7 Å². The molecule has 2 heteroatoms. The molecule has 0 rings (SSSR count). The van der Waals surface area contributed by atoms with E-state index < -0.39 is 0 Å². The van der Waals surface area contributed by atoms with E-state index in [2.05, 4.69) is 19.6 Å². The summed E-state index contributed by atoms with van der Waals surface area (Å²) < 4.78 is 0. The van der Waals surface area contributed by atoms with Gasteiger partial charge in [-0.05, 0) is 30.9 Å². The van der Waals surface area contributed by atoms with E-state index >= 15 is 0 Å². The normalized spacial score (nSPS) is 14.2. The Hall–Kier alpha value is -1.28. The van der Waals surface area contributed by atoms with Crippen molar-refractivity contribution in [3.8, 4) is 0 Å². The van der Waals surface area contributed by atoms with Crippen LogP contribution in [-0.4, -0.2) is 11.7 Å². The summed E-state index contributed by atoms with van der Waals surface area (Å²) in [4.78, 5) is 0. The van der Waals surface area contributed by atoms with Crippen LogP contribution in [0.25, 0.3) is 0 Å². The third kappa shape index (κ3) is 5.92. The van der Waals surface area contributed by atoms with Crippen LogP contribution >= 0.6 is 0 Å². The average molecular weight is 207 g/mol. The molecule has 0 unspecified atom stereocenters. The zero-order chi connectivity index (χ0) is 11.7. The quantitative estimate of drug-likeness (QED) is 0.519. The Morgan fingerprint density at radius 1 is 1.47 bits per heavy atom. The number of hydrogen-bond donors (Lipinski definition) is 2. The van der Waals surface area contributed by atoms with E-state index in [4.69, 9.17) is 5.73 Å². The standard InChI is InChI=1S/C13H21NO/c1-4-6-7-12(10-14)8-9-13(5-2)11(3)15/h5-8,15H,2,4,9-10,14H2,1,3H3/b7-6-,12-8+,13-11-. The Morgan fingerprint density at radius 2 is 2.13 bits per heavy atom. The van der Waals surface area contributed by atoms with Crippen LogP contribution in [0.3, 0.4) is 0 Å². The van der Waals surface area contributed by atoms with Crippen LogP contribution in [0.15, 0.2) is 47.8 Å². The first-order chi connectivity index (χ1) is 7.15. The summed E-state index contributed by atoms with van der Waals surface area (Å²) in [5.74, 6) is 0.317. The van der Waals surface area contributed by atoms with Gasteiger partial charge in [-0.15, -0.1) is 0 Å². The Labute approximate surface area is 92.5 Å². The molecule has 0 aliphatic rings. The van der Waals surface area contributed by atoms with Crippen molar-refractivity contribution in [3.05, 3.63) is 47.8 Å². The molecule has 2 nitrogen and oxygen atoms in total. The third-order valence-corrected chi connectivity index (χ3v) is 2.10. The smallest absolute Gasteiger partial charge is 0.0926 e. The number of hydrogen-bond acceptors (Lipinski definition) is 2. The van der Waals surface area contributed by atoms with Crippen LogP contribution in [0.1, 0.15) is 26.7 Å². The van der Waals surface area contributed by atoms with E-state index in [1.54, 1.807) is 13.0 Å². The Balaban J connectivity index is 4.53. The lowest BCUT2D eigenvalue weighted by Gasteiger charge is -2.01. The van der Waals surface area contributed by atoms with E-state index in [0.29, 0.717) is 18.7 Å². The monoisotopic (exact) mass is 207 g/mol. The molecule has 0 saturated carbocycles. The van der Waals surface area contributed by atoms with Crippen LogP contribution in [-0.2, 0) is 0 Å². The lowest BCUT2D eigenvalue weighted by Crippen LogP contribution is -2.01. The summed E-state index contributed by atoms with van der Waals surface area (Å²) in [7, 11) is 0. The Bertz CT molecular complexity index is 281. The highest BCUT2D eigenvalue weighted by molar-refractivity contribution is 5.27. The van der Waals surface area contributed by atoms with Crippen LogP contribution in [0.2, 0.25) is 0 Å². The highest BCUT2D eigenvalue weighted by Crippen LogP contribution is 2.10. The molecule has 0 radical (unpaired) electrons. The average Bonchev–Trinajstić information content (AvgIpc) is 2.23. The summed E-state index contributed by atoms with van der Waals surface area (Å²) in [5, 5.41) is 9.30. The van der Waals surface area contributed by atoms with Crippen LogP contribution in [0, 0.1) is 0 Å². The van der Waals surface area contributed by atoms with Crippen molar-refractivity contribution in [2.24, 2.45) is 5.73 Å². The molecule has 0 spiro atoms. The molecule has 0 amide bonds. The van der Waals surface area contributed by atoms with Crippen LogP contribution in [0.4, 0.5) is 0 Å². The predicted octanol–water partition coefficient (Wildman–Crippen LogP) is 3.25. The molecule has 0 heterocycles. The second-order valence-corrected chi connectivity index (χ2v) is 3.31. The topological polar surface area (TPSA) is 46.2 Å². The zero-order valence-electron chi connectivity index (χ0n) is 9.66. The Kier molecular flexibility index (Phi) is 7.38. The highest BCUT2D eigenvalue weighted by atomic mass is 16.3. The summed E-state index contributed by atoms with van der Waals surface area (Å²) in [6.07, 6.45) is 9.45. The highest BCUT2D eigenvalue weighted by Gasteiger charge is 1.95. The van der Waals surface area contributed by atoms with E-state index in [-0.39, 0.29) is 0 Å². The molecule has 0 aromatic carbocycles. The van der Waals surface area contributed by atoms with Gasteiger partial charge in [-0.3, -0.25) is 0 Å². The van der Waals surface area contributed by atoms with Gasteiger partial charge < -0.3 is 10.8 Å². The lowest BCUT2D eigenvalue weighted by molar-refractivity contribution is 0.408. The number of rotatable bonds is 6. The fraction of sp³-hybridized carbons (Fsp3) is 0.385. The lowest BCUT2D eigenvalue weighted by atomic mass is 10.1. The zero-order valence-corrected chi connectivity index (χ0v) is 9.66. The maximum absolute atomic E-state index is 9.30. The van der Waals surface area contributed by atoms with E-state index in [9.17, 15) is 5.11 Å². The van der Waals surface area contributed by atoms with E-state index in [1.165, 1.54) is 0 Å². The summed E-state index contributed by atoms with van der Waals surface area (Å²) in [6, 6.07) is 0. The van der Waals surface area contributed by atoms with Gasteiger partial charge in [-0.2, -0.15) is 0 Å². The third-order valence-electron chi connectivity index (χ3n) is 2.10. The maximum atomic E-state index is 9.30. The van der Waals surface area contributed by atoms with Gasteiger partial charge in [0.25, 0.3) is 0 Å². The molecule has 0 aliphatic carbocycles. The predicted molar refractivity (Wildman–Crippen MR) is 66.7 cm³/mol. The molecule has 0 saturated heterocycles. The largest absolute Gasteiger partial charge is 0.512 e. The number of allylic oxidation sites excluding steroid dienone is 5. The fourth-order valence-electron chi connectivity index (χ4n) is 1.11. The fourth-order valence-corrected chi connectivity index (χ4v) is 1.11. The van der Waals surface area contributed by atoms with Gasteiger partial charge in [0.15, 0.2) is 0 Å². The van der Waals surface area contributed by atoms with Crippen molar-refractivity contribution >= 4 is 0 Å². The molecular weight excluding hydrogens is 186 g/mol. The van der Waals surface area contributed by atoms with E-state index in [0.717, 1.165) is 17.6 Å². The number of aliphatic hydroxyl groups is 1. The van der Waals surface area contributed by atoms with Gasteiger partial charge in [-0.1, -0.05) is 37.8 Å².